The first-order valence-corrected chi connectivity index (χ1v) is 8.47. The summed E-state index contributed by atoms with van der Waals surface area (Å²) in [7, 11) is 0. The summed E-state index contributed by atoms with van der Waals surface area (Å²) in [6.07, 6.45) is 1.58. The maximum absolute atomic E-state index is 12.3. The lowest BCUT2D eigenvalue weighted by atomic mass is 10.2. The van der Waals surface area contributed by atoms with E-state index < -0.39 is 0 Å². The lowest BCUT2D eigenvalue weighted by molar-refractivity contribution is -0.120. The van der Waals surface area contributed by atoms with Crippen LogP contribution in [0.4, 0.5) is 10.9 Å². The summed E-state index contributed by atoms with van der Waals surface area (Å²) in [5.41, 5.74) is 2.14. The highest BCUT2D eigenvalue weighted by Crippen LogP contribution is 2.16. The fraction of sp³-hybridized carbons (Fsp3) is 0.400. The molecule has 0 saturated carbocycles. The minimum atomic E-state index is -0.232. The van der Waals surface area contributed by atoms with Gasteiger partial charge >= 0.3 is 0 Å². The van der Waals surface area contributed by atoms with E-state index in [9.17, 15) is 4.79 Å². The van der Waals surface area contributed by atoms with Gasteiger partial charge < -0.3 is 4.90 Å². The summed E-state index contributed by atoms with van der Waals surface area (Å²) in [6.45, 7) is 5.01. The fourth-order valence-corrected chi connectivity index (χ4v) is 3.03. The fourth-order valence-electron chi connectivity index (χ4n) is 2.58. The van der Waals surface area contributed by atoms with Crippen LogP contribution in [0.1, 0.15) is 12.5 Å². The Morgan fingerprint density at radius 2 is 2.17 bits per heavy atom. The van der Waals surface area contributed by atoms with E-state index in [2.05, 4.69) is 36.4 Å². The van der Waals surface area contributed by atoms with Crippen molar-refractivity contribution in [2.75, 3.05) is 36.4 Å². The highest BCUT2D eigenvalue weighted by atomic mass is 32.1. The van der Waals surface area contributed by atoms with E-state index >= 15 is 0 Å². The Morgan fingerprint density at radius 3 is 2.75 bits per heavy atom. The van der Waals surface area contributed by atoms with Gasteiger partial charge in [-0.05, 0) is 19.1 Å². The number of pyridine rings is 1. The van der Waals surface area contributed by atoms with Gasteiger partial charge in [0.2, 0.25) is 11.0 Å². The van der Waals surface area contributed by atoms with Gasteiger partial charge in [0.05, 0.1) is 11.6 Å². The minimum absolute atomic E-state index is 0.0725. The summed E-state index contributed by atoms with van der Waals surface area (Å²) in [5.74, 6) is 0.788. The molecule has 2 aromatic heterocycles. The van der Waals surface area contributed by atoms with Crippen molar-refractivity contribution in [2.24, 2.45) is 0 Å². The molecule has 1 saturated heterocycles. The zero-order chi connectivity index (χ0) is 16.9. The quantitative estimate of drug-likeness (QED) is 0.882. The number of anilines is 2. The Kier molecular flexibility index (Phi) is 4.98. The topological polar surface area (TPSA) is 98.0 Å². The Labute approximate surface area is 143 Å². The Hall–Kier alpha value is -2.57. The third kappa shape index (κ3) is 3.67. The van der Waals surface area contributed by atoms with Crippen molar-refractivity contribution in [3.8, 4) is 6.07 Å². The molecule has 1 aliphatic rings. The molecule has 24 heavy (non-hydrogen) atoms. The second-order valence-corrected chi connectivity index (χ2v) is 6.28. The van der Waals surface area contributed by atoms with Crippen LogP contribution in [0.15, 0.2) is 23.8 Å². The van der Waals surface area contributed by atoms with Crippen LogP contribution < -0.4 is 10.2 Å². The number of nitriles is 1. The molecule has 0 radical (unpaired) electrons. The van der Waals surface area contributed by atoms with Gasteiger partial charge in [-0.25, -0.2) is 4.98 Å². The molecule has 3 heterocycles. The zero-order valence-electron chi connectivity index (χ0n) is 13.2. The molecule has 0 aliphatic carbocycles. The molecule has 9 heteroatoms. The maximum atomic E-state index is 12.3. The SMILES string of the molecule is CC(C(=O)Nc1nncs1)N1CCN(c2ccc(C#N)cn2)CC1. The Morgan fingerprint density at radius 1 is 1.38 bits per heavy atom. The van der Waals surface area contributed by atoms with E-state index in [-0.39, 0.29) is 11.9 Å². The number of nitrogens with zero attached hydrogens (tertiary/aromatic N) is 6. The van der Waals surface area contributed by atoms with Gasteiger partial charge in [0.15, 0.2) is 0 Å². The van der Waals surface area contributed by atoms with E-state index in [0.717, 1.165) is 32.0 Å². The predicted molar refractivity (Wildman–Crippen MR) is 90.7 cm³/mol. The molecule has 1 atom stereocenters. The number of carbonyl (C=O) groups is 1. The normalized spacial score (nSPS) is 16.4. The molecule has 1 unspecified atom stereocenters. The Bertz CT molecular complexity index is 717. The van der Waals surface area contributed by atoms with Crippen LogP contribution in [-0.2, 0) is 4.79 Å². The van der Waals surface area contributed by atoms with Crippen molar-refractivity contribution >= 4 is 28.2 Å². The van der Waals surface area contributed by atoms with Gasteiger partial charge in [0.1, 0.15) is 17.4 Å². The molecule has 3 rings (SSSR count). The summed E-state index contributed by atoms with van der Waals surface area (Å²) in [6, 6.07) is 5.47. The maximum Gasteiger partial charge on any atom is 0.243 e. The van der Waals surface area contributed by atoms with Crippen LogP contribution in [0.3, 0.4) is 0 Å². The molecule has 124 valence electrons. The van der Waals surface area contributed by atoms with Crippen LogP contribution >= 0.6 is 11.3 Å². The van der Waals surface area contributed by atoms with E-state index in [1.54, 1.807) is 17.8 Å². The van der Waals surface area contributed by atoms with Crippen LogP contribution in [-0.4, -0.2) is 58.2 Å². The number of piperazine rings is 1. The smallest absolute Gasteiger partial charge is 0.243 e. The van der Waals surface area contributed by atoms with Crippen molar-refractivity contribution in [1.82, 2.24) is 20.1 Å². The molecule has 0 aromatic carbocycles. The van der Waals surface area contributed by atoms with E-state index in [1.807, 2.05) is 13.0 Å². The number of carbonyl (C=O) groups excluding carboxylic acids is 1. The van der Waals surface area contributed by atoms with Crippen LogP contribution in [0.2, 0.25) is 0 Å². The molecule has 1 N–H and O–H groups in total. The number of nitrogens with one attached hydrogen (secondary N) is 1. The van der Waals surface area contributed by atoms with Crippen molar-refractivity contribution in [3.63, 3.8) is 0 Å². The average Bonchev–Trinajstić information content (AvgIpc) is 3.14. The molecule has 8 nitrogen and oxygen atoms in total. The van der Waals surface area contributed by atoms with Gasteiger partial charge in [0.25, 0.3) is 0 Å². The van der Waals surface area contributed by atoms with Gasteiger partial charge in [-0.2, -0.15) is 5.26 Å². The molecule has 0 bridgehead atoms. The number of rotatable bonds is 4. The number of hydrogen-bond acceptors (Lipinski definition) is 8. The van der Waals surface area contributed by atoms with Gasteiger partial charge in [-0.3, -0.25) is 15.0 Å². The van der Waals surface area contributed by atoms with Gasteiger partial charge in [-0.1, -0.05) is 11.3 Å². The lowest BCUT2D eigenvalue weighted by Gasteiger charge is -2.37. The lowest BCUT2D eigenvalue weighted by Crippen LogP contribution is -2.53. The average molecular weight is 343 g/mol. The first-order valence-electron chi connectivity index (χ1n) is 7.59. The van der Waals surface area contributed by atoms with Crippen LogP contribution in [0.5, 0.6) is 0 Å². The number of aromatic nitrogens is 3. The number of amides is 1. The zero-order valence-corrected chi connectivity index (χ0v) is 14.0. The highest BCUT2D eigenvalue weighted by molar-refractivity contribution is 7.13. The van der Waals surface area contributed by atoms with Gasteiger partial charge in [-0.15, -0.1) is 10.2 Å². The molecular weight excluding hydrogens is 326 g/mol. The Balaban J connectivity index is 1.54. The third-order valence-corrected chi connectivity index (χ3v) is 4.64. The third-order valence-electron chi connectivity index (χ3n) is 4.03. The first kappa shape index (κ1) is 16.3. The minimum Gasteiger partial charge on any atom is -0.354 e. The van der Waals surface area contributed by atoms with Crippen molar-refractivity contribution < 1.29 is 4.79 Å². The van der Waals surface area contributed by atoms with E-state index in [1.165, 1.54) is 11.3 Å². The highest BCUT2D eigenvalue weighted by Gasteiger charge is 2.26. The summed E-state index contributed by atoms with van der Waals surface area (Å²) >= 11 is 1.30. The van der Waals surface area contributed by atoms with Crippen LogP contribution in [0.25, 0.3) is 0 Å². The molecule has 1 fully saturated rings. The van der Waals surface area contributed by atoms with Crippen molar-refractivity contribution in [3.05, 3.63) is 29.4 Å². The molecular formula is C15H17N7OS. The first-order chi connectivity index (χ1) is 11.7. The van der Waals surface area contributed by atoms with Crippen molar-refractivity contribution in [1.29, 1.82) is 5.26 Å². The second kappa shape index (κ2) is 7.33. The second-order valence-electron chi connectivity index (χ2n) is 5.45. The molecule has 1 aliphatic heterocycles. The molecule has 1 amide bonds. The monoisotopic (exact) mass is 343 g/mol. The largest absolute Gasteiger partial charge is 0.354 e. The van der Waals surface area contributed by atoms with E-state index in [4.69, 9.17) is 5.26 Å². The summed E-state index contributed by atoms with van der Waals surface area (Å²) < 4.78 is 0. The van der Waals surface area contributed by atoms with E-state index in [0.29, 0.717) is 10.7 Å². The molecule has 0 spiro atoms. The number of hydrogen-bond donors (Lipinski definition) is 1. The summed E-state index contributed by atoms with van der Waals surface area (Å²) in [4.78, 5) is 20.9. The molecule has 2 aromatic rings. The van der Waals surface area contributed by atoms with Crippen LogP contribution in [0, 0.1) is 11.3 Å². The standard InChI is InChI=1S/C15H17N7OS/c1-11(14(23)19-15-20-18-10-24-15)21-4-6-22(7-5-21)13-3-2-12(8-16)9-17-13/h2-3,9-11H,4-7H2,1H3,(H,19,20,23). The van der Waals surface area contributed by atoms with Crippen molar-refractivity contribution in [2.45, 2.75) is 13.0 Å². The summed E-state index contributed by atoms with van der Waals surface area (Å²) in [5, 5.41) is 19.7. The predicted octanol–water partition coefficient (Wildman–Crippen LogP) is 0.954. The van der Waals surface area contributed by atoms with Gasteiger partial charge in [0, 0.05) is 32.4 Å².